The summed E-state index contributed by atoms with van der Waals surface area (Å²) >= 11 is 0. The first-order chi connectivity index (χ1) is 11.5. The van der Waals surface area contributed by atoms with Gasteiger partial charge in [0.15, 0.2) is 0 Å². The highest BCUT2D eigenvalue weighted by molar-refractivity contribution is 5.83. The van der Waals surface area contributed by atoms with Crippen molar-refractivity contribution < 1.29 is 19.1 Å². The Morgan fingerprint density at radius 1 is 1.08 bits per heavy atom. The fourth-order valence-electron chi connectivity index (χ4n) is 3.02. The maximum Gasteiger partial charge on any atom is 0.307 e. The van der Waals surface area contributed by atoms with Crippen LogP contribution >= 0.6 is 0 Å². The summed E-state index contributed by atoms with van der Waals surface area (Å²) in [5, 5.41) is 9.42. The fourth-order valence-corrected chi connectivity index (χ4v) is 3.02. The van der Waals surface area contributed by atoms with E-state index in [-0.39, 0.29) is 18.1 Å². The second kappa shape index (κ2) is 6.83. The molecule has 24 heavy (non-hydrogen) atoms. The molecule has 2 aromatic carbocycles. The molecule has 0 fully saturated rings. The van der Waals surface area contributed by atoms with Gasteiger partial charge in [-0.05, 0) is 35.2 Å². The summed E-state index contributed by atoms with van der Waals surface area (Å²) in [7, 11) is 0. The van der Waals surface area contributed by atoms with E-state index in [2.05, 4.69) is 0 Å². The van der Waals surface area contributed by atoms with Crippen molar-refractivity contribution in [3.8, 4) is 0 Å². The minimum Gasteiger partial charge on any atom is -0.481 e. The van der Waals surface area contributed by atoms with Gasteiger partial charge in [0.1, 0.15) is 5.82 Å². The number of fused-ring (bicyclic) bond motifs is 1. The first kappa shape index (κ1) is 16.2. The number of hydrogen-bond donors (Lipinski definition) is 1. The standard InChI is InChI=1S/C19H18FNO3/c20-17-7-6-14-11-21(12-16(14)9-17)18(22)10-15(19(23)24)8-13-4-2-1-3-5-13/h1-7,9,15H,8,10-12H2,(H,23,24)/t15-/m0/s1. The van der Waals surface area contributed by atoms with Crippen LogP contribution in [0.4, 0.5) is 4.39 Å². The fraction of sp³-hybridized carbons (Fsp3) is 0.263. The molecule has 0 saturated carbocycles. The smallest absolute Gasteiger partial charge is 0.307 e. The zero-order chi connectivity index (χ0) is 17.1. The van der Waals surface area contributed by atoms with Gasteiger partial charge in [0, 0.05) is 19.5 Å². The second-order valence-corrected chi connectivity index (χ2v) is 6.09. The van der Waals surface area contributed by atoms with Gasteiger partial charge in [-0.25, -0.2) is 4.39 Å². The first-order valence-corrected chi connectivity index (χ1v) is 7.85. The SMILES string of the molecule is O=C(O)[C@H](CC(=O)N1Cc2ccc(F)cc2C1)Cc1ccccc1. The molecule has 0 unspecified atom stereocenters. The van der Waals surface area contributed by atoms with Crippen LogP contribution in [-0.4, -0.2) is 21.9 Å². The second-order valence-electron chi connectivity index (χ2n) is 6.09. The molecule has 0 saturated heterocycles. The van der Waals surface area contributed by atoms with Crippen LogP contribution in [0.5, 0.6) is 0 Å². The van der Waals surface area contributed by atoms with Crippen LogP contribution in [0.25, 0.3) is 0 Å². The van der Waals surface area contributed by atoms with Gasteiger partial charge in [-0.15, -0.1) is 0 Å². The molecular formula is C19H18FNO3. The van der Waals surface area contributed by atoms with Crippen LogP contribution in [0.1, 0.15) is 23.1 Å². The number of carboxylic acid groups (broad SMARTS) is 1. The average molecular weight is 327 g/mol. The maximum absolute atomic E-state index is 13.3. The Balaban J connectivity index is 1.65. The molecule has 4 nitrogen and oxygen atoms in total. The highest BCUT2D eigenvalue weighted by atomic mass is 19.1. The predicted molar refractivity (Wildman–Crippen MR) is 86.5 cm³/mol. The topological polar surface area (TPSA) is 57.6 Å². The Morgan fingerprint density at radius 2 is 1.79 bits per heavy atom. The molecule has 1 aliphatic heterocycles. The molecule has 1 atom stereocenters. The predicted octanol–water partition coefficient (Wildman–Crippen LogP) is 3.00. The number of amides is 1. The summed E-state index contributed by atoms with van der Waals surface area (Å²) in [6.45, 7) is 0.746. The van der Waals surface area contributed by atoms with Crippen molar-refractivity contribution >= 4 is 11.9 Å². The van der Waals surface area contributed by atoms with Crippen LogP contribution < -0.4 is 0 Å². The number of rotatable bonds is 5. The third kappa shape index (κ3) is 3.62. The van der Waals surface area contributed by atoms with E-state index < -0.39 is 11.9 Å². The van der Waals surface area contributed by atoms with E-state index in [1.165, 1.54) is 12.1 Å². The van der Waals surface area contributed by atoms with E-state index in [4.69, 9.17) is 0 Å². The Kier molecular flexibility index (Phi) is 4.60. The lowest BCUT2D eigenvalue weighted by Gasteiger charge is -2.18. The molecule has 0 bridgehead atoms. The number of halogens is 1. The molecule has 1 amide bonds. The molecule has 0 aromatic heterocycles. The quantitative estimate of drug-likeness (QED) is 0.918. The lowest BCUT2D eigenvalue weighted by atomic mass is 9.96. The Morgan fingerprint density at radius 3 is 2.50 bits per heavy atom. The summed E-state index contributed by atoms with van der Waals surface area (Å²) in [5.74, 6) is -2.28. The molecule has 0 aliphatic carbocycles. The minimum atomic E-state index is -0.977. The Bertz CT molecular complexity index is 760. The maximum atomic E-state index is 13.3. The minimum absolute atomic E-state index is 0.0549. The summed E-state index contributed by atoms with van der Waals surface area (Å²) in [5.41, 5.74) is 2.60. The third-order valence-electron chi connectivity index (χ3n) is 4.34. The van der Waals surface area contributed by atoms with Crippen molar-refractivity contribution in [1.82, 2.24) is 4.90 Å². The lowest BCUT2D eigenvalue weighted by Crippen LogP contribution is -2.30. The van der Waals surface area contributed by atoms with Crippen molar-refractivity contribution in [1.29, 1.82) is 0 Å². The van der Waals surface area contributed by atoms with Crippen molar-refractivity contribution in [3.05, 3.63) is 71.0 Å². The van der Waals surface area contributed by atoms with Crippen LogP contribution in [0.2, 0.25) is 0 Å². The van der Waals surface area contributed by atoms with Gasteiger partial charge >= 0.3 is 5.97 Å². The van der Waals surface area contributed by atoms with E-state index in [9.17, 15) is 19.1 Å². The molecule has 0 radical (unpaired) electrons. The van der Waals surface area contributed by atoms with E-state index >= 15 is 0 Å². The van der Waals surface area contributed by atoms with E-state index in [0.717, 1.165) is 16.7 Å². The van der Waals surface area contributed by atoms with E-state index in [0.29, 0.717) is 19.5 Å². The number of nitrogens with zero attached hydrogens (tertiary/aromatic N) is 1. The van der Waals surface area contributed by atoms with Crippen LogP contribution in [0, 0.1) is 11.7 Å². The number of carbonyl (C=O) groups excluding carboxylic acids is 1. The summed E-state index contributed by atoms with van der Waals surface area (Å²) in [4.78, 5) is 25.6. The molecule has 1 N–H and O–H groups in total. The highest BCUT2D eigenvalue weighted by Gasteiger charge is 2.28. The van der Waals surface area contributed by atoms with Crippen LogP contribution in [-0.2, 0) is 29.1 Å². The first-order valence-electron chi connectivity index (χ1n) is 7.85. The zero-order valence-corrected chi connectivity index (χ0v) is 13.1. The van der Waals surface area contributed by atoms with E-state index in [1.807, 2.05) is 30.3 Å². The molecular weight excluding hydrogens is 309 g/mol. The van der Waals surface area contributed by atoms with Gasteiger partial charge in [-0.1, -0.05) is 36.4 Å². The number of carbonyl (C=O) groups is 2. The number of aliphatic carboxylic acids is 1. The summed E-state index contributed by atoms with van der Waals surface area (Å²) < 4.78 is 13.3. The van der Waals surface area contributed by atoms with Gasteiger partial charge in [0.05, 0.1) is 5.92 Å². The van der Waals surface area contributed by atoms with Crippen molar-refractivity contribution in [2.24, 2.45) is 5.92 Å². The Labute approximate surface area is 139 Å². The summed E-state index contributed by atoms with van der Waals surface area (Å²) in [6.07, 6.45) is 0.262. The van der Waals surface area contributed by atoms with Crippen LogP contribution in [0.15, 0.2) is 48.5 Å². The molecule has 1 aliphatic rings. The van der Waals surface area contributed by atoms with Gasteiger partial charge < -0.3 is 10.0 Å². The zero-order valence-electron chi connectivity index (χ0n) is 13.1. The Hall–Kier alpha value is -2.69. The van der Waals surface area contributed by atoms with Gasteiger partial charge in [0.2, 0.25) is 5.91 Å². The van der Waals surface area contributed by atoms with Crippen LogP contribution in [0.3, 0.4) is 0 Å². The van der Waals surface area contributed by atoms with Gasteiger partial charge in [-0.3, -0.25) is 9.59 Å². The average Bonchev–Trinajstić information content (AvgIpc) is 2.98. The number of benzene rings is 2. The van der Waals surface area contributed by atoms with Crippen molar-refractivity contribution in [2.45, 2.75) is 25.9 Å². The number of hydrogen-bond acceptors (Lipinski definition) is 2. The molecule has 0 spiro atoms. The molecule has 124 valence electrons. The highest BCUT2D eigenvalue weighted by Crippen LogP contribution is 2.25. The number of carboxylic acids is 1. The molecule has 1 heterocycles. The van der Waals surface area contributed by atoms with E-state index in [1.54, 1.807) is 11.0 Å². The summed E-state index contributed by atoms with van der Waals surface area (Å²) in [6, 6.07) is 13.8. The third-order valence-corrected chi connectivity index (χ3v) is 4.34. The van der Waals surface area contributed by atoms with Crippen molar-refractivity contribution in [2.75, 3.05) is 0 Å². The molecule has 3 rings (SSSR count). The van der Waals surface area contributed by atoms with Gasteiger partial charge in [0.25, 0.3) is 0 Å². The molecule has 5 heteroatoms. The van der Waals surface area contributed by atoms with Crippen molar-refractivity contribution in [3.63, 3.8) is 0 Å². The largest absolute Gasteiger partial charge is 0.481 e. The lowest BCUT2D eigenvalue weighted by molar-refractivity contribution is -0.146. The van der Waals surface area contributed by atoms with Gasteiger partial charge in [-0.2, -0.15) is 0 Å². The molecule has 2 aromatic rings. The monoisotopic (exact) mass is 327 g/mol. The normalized spacial score (nSPS) is 14.3.